The van der Waals surface area contributed by atoms with Crippen molar-refractivity contribution in [1.29, 1.82) is 0 Å². The van der Waals surface area contributed by atoms with Gasteiger partial charge in [-0.15, -0.1) is 0 Å². The van der Waals surface area contributed by atoms with Crippen LogP contribution in [-0.4, -0.2) is 29.1 Å². The lowest BCUT2D eigenvalue weighted by molar-refractivity contribution is 1.15. The molecule has 8 nitrogen and oxygen atoms in total. The Morgan fingerprint density at radius 1 is 0.233 bits per heavy atom. The maximum absolute atomic E-state index is 9.36. The van der Waals surface area contributed by atoms with Crippen LogP contribution in [0.15, 0.2) is 303 Å². The van der Waals surface area contributed by atoms with E-state index in [1.54, 1.807) is 0 Å². The number of pyridine rings is 4. The summed E-state index contributed by atoms with van der Waals surface area (Å²) in [4.78, 5) is 29.5. The highest BCUT2D eigenvalue weighted by atomic mass is 15.0. The molecule has 0 bridgehead atoms. The predicted octanol–water partition coefficient (Wildman–Crippen LogP) is 21.6. The molecule has 0 amide bonds. The topological polar surface area (TPSA) is 70.1 Å². The van der Waals surface area contributed by atoms with E-state index in [-0.39, 0.29) is 0 Å². The van der Waals surface area contributed by atoms with E-state index in [0.717, 1.165) is 150 Å². The van der Waals surface area contributed by atoms with Crippen LogP contribution in [0.25, 0.3) is 166 Å². The zero-order valence-corrected chi connectivity index (χ0v) is 48.4. The van der Waals surface area contributed by atoms with Gasteiger partial charge in [-0.3, -0.25) is 0 Å². The van der Waals surface area contributed by atoms with Crippen LogP contribution in [0.4, 0.5) is 11.4 Å². The molecule has 0 saturated carbocycles. The third kappa shape index (κ3) is 9.51. The fourth-order valence-electron chi connectivity index (χ4n) is 12.6. The van der Waals surface area contributed by atoms with Gasteiger partial charge in [0.05, 0.1) is 86.4 Å². The highest BCUT2D eigenvalue weighted by Crippen LogP contribution is 2.46. The molecule has 6 heterocycles. The Labute approximate surface area is 519 Å². The average molecular weight is 1150 g/mol. The van der Waals surface area contributed by atoms with E-state index in [2.05, 4.69) is 201 Å². The van der Waals surface area contributed by atoms with Crippen molar-refractivity contribution in [3.8, 4) is 113 Å². The first kappa shape index (κ1) is 52.9. The summed E-state index contributed by atoms with van der Waals surface area (Å²) in [6.07, 6.45) is 0. The highest BCUT2D eigenvalue weighted by Gasteiger charge is 2.24. The molecule has 0 aliphatic rings. The standard InChI is InChI=1S/C82H50N8/c1-83-62-29-15-28-57(46-62)67-51-82(90-79-49-60(74-36-18-32-70(87-74)55-24-11-5-12-25-55)40-44-65(79)66-45-41-61(50-80(66)90)75-37-19-33-71(88-75)56-26-13-6-14-27-56)76(84-2)52-81(67)89-77-47-58(72-34-16-30-68(85-72)53-20-7-3-8-21-53)38-42-63(77)64-43-39-59(48-78(64)89)73-35-17-31-69(86-73)54-22-9-4-10-23-54/h3-52H. The van der Waals surface area contributed by atoms with Gasteiger partial charge in [0.15, 0.2) is 5.69 Å². The van der Waals surface area contributed by atoms with Crippen molar-refractivity contribution in [3.05, 3.63) is 326 Å². The summed E-state index contributed by atoms with van der Waals surface area (Å²) in [6, 6.07) is 104. The Bertz CT molecular complexity index is 5280. The largest absolute Gasteiger partial charge is 0.319 e. The third-order valence-corrected chi connectivity index (χ3v) is 17.0. The Morgan fingerprint density at radius 2 is 0.533 bits per heavy atom. The van der Waals surface area contributed by atoms with Gasteiger partial charge in [-0.1, -0.05) is 212 Å². The minimum atomic E-state index is 0.426. The normalized spacial score (nSPS) is 11.3. The second-order valence-electron chi connectivity index (χ2n) is 22.3. The van der Waals surface area contributed by atoms with Crippen molar-refractivity contribution in [2.45, 2.75) is 0 Å². The third-order valence-electron chi connectivity index (χ3n) is 17.0. The first-order valence-corrected chi connectivity index (χ1v) is 29.8. The molecule has 0 atom stereocenters. The Morgan fingerprint density at radius 3 is 0.856 bits per heavy atom. The van der Waals surface area contributed by atoms with Crippen molar-refractivity contribution in [3.63, 3.8) is 0 Å². The van der Waals surface area contributed by atoms with Crippen LogP contribution in [0, 0.1) is 13.1 Å². The Balaban J connectivity index is 0.971. The molecular weight excluding hydrogens is 1100 g/mol. The fraction of sp³-hybridized carbons (Fsp3) is 0. The second-order valence-corrected chi connectivity index (χ2v) is 22.3. The van der Waals surface area contributed by atoms with Gasteiger partial charge < -0.3 is 9.13 Å². The zero-order valence-electron chi connectivity index (χ0n) is 48.4. The molecule has 0 radical (unpaired) electrons. The van der Waals surface area contributed by atoms with Crippen molar-refractivity contribution in [1.82, 2.24) is 29.1 Å². The van der Waals surface area contributed by atoms with Crippen LogP contribution in [-0.2, 0) is 0 Å². The Hall–Kier alpha value is -12.6. The smallest absolute Gasteiger partial charge is 0.212 e. The number of hydrogen-bond donors (Lipinski definition) is 0. The maximum Gasteiger partial charge on any atom is 0.212 e. The molecule has 0 aliphatic heterocycles. The van der Waals surface area contributed by atoms with Crippen LogP contribution in [0.5, 0.6) is 0 Å². The lowest BCUT2D eigenvalue weighted by Crippen LogP contribution is -2.02. The summed E-state index contributed by atoms with van der Waals surface area (Å²) in [7, 11) is 0. The summed E-state index contributed by atoms with van der Waals surface area (Å²) < 4.78 is 4.55. The van der Waals surface area contributed by atoms with Gasteiger partial charge >= 0.3 is 0 Å². The molecular formula is C82H50N8. The molecule has 16 rings (SSSR count). The molecule has 8 heteroatoms. The predicted molar refractivity (Wildman–Crippen MR) is 368 cm³/mol. The average Bonchev–Trinajstić information content (AvgIpc) is 1.57. The van der Waals surface area contributed by atoms with Gasteiger partial charge in [0.1, 0.15) is 0 Å². The van der Waals surface area contributed by atoms with Crippen molar-refractivity contribution >= 4 is 55.0 Å². The summed E-state index contributed by atoms with van der Waals surface area (Å²) in [6.45, 7) is 17.7. The molecule has 16 aromatic rings. The summed E-state index contributed by atoms with van der Waals surface area (Å²) in [5, 5.41) is 4.08. The number of fused-ring (bicyclic) bond motifs is 6. The zero-order chi connectivity index (χ0) is 60.1. The molecule has 0 N–H and O–H groups in total. The summed E-state index contributed by atoms with van der Waals surface area (Å²) in [5.41, 5.74) is 22.3. The van der Waals surface area contributed by atoms with E-state index in [9.17, 15) is 6.57 Å². The summed E-state index contributed by atoms with van der Waals surface area (Å²) in [5.74, 6) is 0. The SMILES string of the molecule is [C-]#[N+]c1cccc(-c2cc(-n3c4cc(-c5cccc(-c6ccccc6)n5)ccc4c4ccc(-c5cccc(-c6ccccc6)n5)cc43)c([N+]#[C-])cc2-n2c3cc(-c4cccc(-c5ccccc5)n4)ccc3c3ccc(-c4cccc(-c5ccccc5)n4)cc32)c1. The molecule has 10 aromatic carbocycles. The quantitative estimate of drug-likeness (QED) is 0.121. The van der Waals surface area contributed by atoms with E-state index in [1.165, 1.54) is 0 Å². The van der Waals surface area contributed by atoms with Gasteiger partial charge in [0, 0.05) is 77.3 Å². The fourth-order valence-corrected chi connectivity index (χ4v) is 12.6. The minimum Gasteiger partial charge on any atom is -0.319 e. The maximum atomic E-state index is 9.36. The monoisotopic (exact) mass is 1150 g/mol. The lowest BCUT2D eigenvalue weighted by Gasteiger charge is -2.20. The molecule has 0 saturated heterocycles. The van der Waals surface area contributed by atoms with Crippen LogP contribution in [0.2, 0.25) is 0 Å². The van der Waals surface area contributed by atoms with Gasteiger partial charge in [-0.05, 0) is 96.6 Å². The van der Waals surface area contributed by atoms with E-state index in [1.807, 2.05) is 121 Å². The molecule has 90 heavy (non-hydrogen) atoms. The van der Waals surface area contributed by atoms with Gasteiger partial charge in [-0.2, -0.15) is 0 Å². The van der Waals surface area contributed by atoms with Crippen LogP contribution in [0.1, 0.15) is 0 Å². The summed E-state index contributed by atoms with van der Waals surface area (Å²) >= 11 is 0. The molecule has 0 spiro atoms. The molecule has 0 fully saturated rings. The van der Waals surface area contributed by atoms with E-state index >= 15 is 0 Å². The number of aromatic nitrogens is 6. The highest BCUT2D eigenvalue weighted by molar-refractivity contribution is 6.14. The van der Waals surface area contributed by atoms with Crippen LogP contribution < -0.4 is 0 Å². The molecule has 6 aromatic heterocycles. The van der Waals surface area contributed by atoms with Gasteiger partial charge in [0.2, 0.25) is 5.69 Å². The number of benzene rings is 10. The first-order valence-electron chi connectivity index (χ1n) is 29.8. The number of hydrogen-bond acceptors (Lipinski definition) is 4. The van der Waals surface area contributed by atoms with Crippen LogP contribution in [0.3, 0.4) is 0 Å². The Kier molecular flexibility index (Phi) is 13.1. The van der Waals surface area contributed by atoms with Crippen molar-refractivity contribution < 1.29 is 0 Å². The van der Waals surface area contributed by atoms with Gasteiger partial charge in [-0.25, -0.2) is 29.6 Å². The molecule has 0 aliphatic carbocycles. The second kappa shape index (κ2) is 22.3. The van der Waals surface area contributed by atoms with Gasteiger partial charge in [0.25, 0.3) is 0 Å². The van der Waals surface area contributed by atoms with Crippen LogP contribution >= 0.6 is 0 Å². The van der Waals surface area contributed by atoms with Crippen molar-refractivity contribution in [2.24, 2.45) is 0 Å². The van der Waals surface area contributed by atoms with E-state index in [4.69, 9.17) is 26.5 Å². The lowest BCUT2D eigenvalue weighted by atomic mass is 10.00. The van der Waals surface area contributed by atoms with E-state index < -0.39 is 0 Å². The number of nitrogens with zero attached hydrogens (tertiary/aromatic N) is 8. The number of rotatable bonds is 11. The molecule has 418 valence electrons. The first-order chi connectivity index (χ1) is 44.5. The minimum absolute atomic E-state index is 0.426. The van der Waals surface area contributed by atoms with Crippen molar-refractivity contribution in [2.75, 3.05) is 0 Å². The molecule has 0 unspecified atom stereocenters. The van der Waals surface area contributed by atoms with E-state index in [0.29, 0.717) is 17.1 Å².